The highest BCUT2D eigenvalue weighted by atomic mass is 32.2. The van der Waals surface area contributed by atoms with E-state index in [4.69, 9.17) is 21.7 Å². The summed E-state index contributed by atoms with van der Waals surface area (Å²) in [6.07, 6.45) is 11.0. The summed E-state index contributed by atoms with van der Waals surface area (Å²) in [6, 6.07) is 9.75. The number of carbonyl (C=O) groups excluding carboxylic acids is 1. The zero-order valence-electron chi connectivity index (χ0n) is 16.9. The van der Waals surface area contributed by atoms with Crippen molar-refractivity contribution in [2.45, 2.75) is 44.8 Å². The Morgan fingerprint density at radius 2 is 1.93 bits per heavy atom. The van der Waals surface area contributed by atoms with E-state index in [9.17, 15) is 4.79 Å². The number of carbonyl (C=O) groups is 1. The summed E-state index contributed by atoms with van der Waals surface area (Å²) in [5, 5.41) is 0. The van der Waals surface area contributed by atoms with E-state index in [0.717, 1.165) is 24.0 Å². The van der Waals surface area contributed by atoms with Crippen LogP contribution in [0, 0.1) is 0 Å². The molecule has 2 heterocycles. The number of amides is 1. The van der Waals surface area contributed by atoms with Crippen molar-refractivity contribution in [2.24, 2.45) is 0 Å². The first-order valence-corrected chi connectivity index (χ1v) is 11.3. The van der Waals surface area contributed by atoms with Gasteiger partial charge in [0.05, 0.1) is 12.0 Å². The molecular weight excluding hydrogens is 416 g/mol. The molecule has 0 radical (unpaired) electrons. The molecule has 7 heteroatoms. The van der Waals surface area contributed by atoms with Gasteiger partial charge in [-0.25, -0.2) is 0 Å². The van der Waals surface area contributed by atoms with Gasteiger partial charge in [-0.05, 0) is 54.3 Å². The van der Waals surface area contributed by atoms with E-state index in [1.807, 2.05) is 41.3 Å². The van der Waals surface area contributed by atoms with Crippen molar-refractivity contribution in [3.63, 3.8) is 0 Å². The van der Waals surface area contributed by atoms with E-state index in [2.05, 4.69) is 4.98 Å². The molecule has 0 unspecified atom stereocenters. The fourth-order valence-corrected chi connectivity index (χ4v) is 5.22. The maximum absolute atomic E-state index is 13.0. The number of hydrogen-bond donors (Lipinski definition) is 0. The molecule has 1 saturated heterocycles. The highest BCUT2D eigenvalue weighted by Gasteiger charge is 2.37. The number of benzene rings is 1. The third-order valence-corrected chi connectivity index (χ3v) is 6.72. The summed E-state index contributed by atoms with van der Waals surface area (Å²) >= 11 is 6.91. The Labute approximate surface area is 186 Å². The van der Waals surface area contributed by atoms with Gasteiger partial charge in [0.2, 0.25) is 0 Å². The molecule has 30 heavy (non-hydrogen) atoms. The lowest BCUT2D eigenvalue weighted by Crippen LogP contribution is -2.39. The van der Waals surface area contributed by atoms with E-state index in [0.29, 0.717) is 27.3 Å². The monoisotopic (exact) mass is 440 g/mol. The zero-order chi connectivity index (χ0) is 20.9. The standard InChI is InChI=1S/C23H24N2O3S2/c1-27-20-13-17(7-8-19(20)28-15-16-9-11-24-12-10-16)14-21-22(26)25(23(29)30-21)18-5-3-2-4-6-18/h7-14,18H,2-6,15H2,1H3/b21-14-. The molecule has 0 N–H and O–H groups in total. The summed E-state index contributed by atoms with van der Waals surface area (Å²) in [6.45, 7) is 0.429. The zero-order valence-corrected chi connectivity index (χ0v) is 18.5. The number of methoxy groups -OCH3 is 1. The van der Waals surface area contributed by atoms with Gasteiger partial charge >= 0.3 is 0 Å². The molecule has 4 rings (SSSR count). The average molecular weight is 441 g/mol. The van der Waals surface area contributed by atoms with Gasteiger partial charge in [0.15, 0.2) is 11.5 Å². The first-order chi connectivity index (χ1) is 14.7. The first kappa shape index (κ1) is 20.9. The van der Waals surface area contributed by atoms with E-state index < -0.39 is 0 Å². The minimum Gasteiger partial charge on any atom is -0.493 e. The van der Waals surface area contributed by atoms with Crippen molar-refractivity contribution >= 4 is 40.3 Å². The average Bonchev–Trinajstić information content (AvgIpc) is 3.06. The third kappa shape index (κ3) is 4.68. The number of rotatable bonds is 6. The van der Waals surface area contributed by atoms with Gasteiger partial charge in [-0.15, -0.1) is 0 Å². The van der Waals surface area contributed by atoms with Gasteiger partial charge in [-0.1, -0.05) is 49.3 Å². The molecule has 1 saturated carbocycles. The number of aromatic nitrogens is 1. The molecule has 1 aliphatic heterocycles. The molecule has 2 aromatic rings. The fraction of sp³-hybridized carbons (Fsp3) is 0.348. The Morgan fingerprint density at radius 3 is 2.67 bits per heavy atom. The number of thiocarbonyl (C=S) groups is 1. The van der Waals surface area contributed by atoms with Crippen LogP contribution in [-0.4, -0.2) is 33.3 Å². The topological polar surface area (TPSA) is 51.7 Å². The van der Waals surface area contributed by atoms with Crippen LogP contribution in [0.1, 0.15) is 43.2 Å². The van der Waals surface area contributed by atoms with Gasteiger partial charge < -0.3 is 9.47 Å². The molecule has 5 nitrogen and oxygen atoms in total. The number of hydrogen-bond acceptors (Lipinski definition) is 6. The van der Waals surface area contributed by atoms with E-state index >= 15 is 0 Å². The molecule has 0 atom stereocenters. The van der Waals surface area contributed by atoms with E-state index in [1.54, 1.807) is 19.5 Å². The smallest absolute Gasteiger partial charge is 0.266 e. The molecule has 2 fully saturated rings. The summed E-state index contributed by atoms with van der Waals surface area (Å²) in [5.74, 6) is 1.30. The van der Waals surface area contributed by atoms with Gasteiger partial charge in [0.25, 0.3) is 5.91 Å². The molecule has 1 aliphatic carbocycles. The van der Waals surface area contributed by atoms with Crippen LogP contribution >= 0.6 is 24.0 Å². The second-order valence-corrected chi connectivity index (χ2v) is 9.07. The van der Waals surface area contributed by atoms with Crippen LogP contribution in [0.15, 0.2) is 47.6 Å². The summed E-state index contributed by atoms with van der Waals surface area (Å²) in [4.78, 5) is 19.5. The second-order valence-electron chi connectivity index (χ2n) is 7.40. The van der Waals surface area contributed by atoms with Crippen molar-refractivity contribution in [3.8, 4) is 11.5 Å². The summed E-state index contributed by atoms with van der Waals surface area (Å²) in [7, 11) is 1.61. The fourth-order valence-electron chi connectivity index (χ4n) is 3.82. The summed E-state index contributed by atoms with van der Waals surface area (Å²) < 4.78 is 12.1. The molecular formula is C23H24N2O3S2. The molecule has 156 valence electrons. The Hall–Kier alpha value is -2.38. The molecule has 1 aromatic heterocycles. The lowest BCUT2D eigenvalue weighted by Gasteiger charge is -2.29. The van der Waals surface area contributed by atoms with Crippen molar-refractivity contribution in [3.05, 3.63) is 58.8 Å². The largest absolute Gasteiger partial charge is 0.493 e. The Bertz CT molecular complexity index is 956. The Kier molecular flexibility index (Phi) is 6.69. The van der Waals surface area contributed by atoms with Crippen molar-refractivity contribution < 1.29 is 14.3 Å². The van der Waals surface area contributed by atoms with Crippen LogP contribution < -0.4 is 9.47 Å². The lowest BCUT2D eigenvalue weighted by molar-refractivity contribution is -0.124. The summed E-state index contributed by atoms with van der Waals surface area (Å²) in [5.41, 5.74) is 1.91. The normalized spacial score (nSPS) is 18.8. The first-order valence-electron chi connectivity index (χ1n) is 10.1. The molecule has 1 aromatic carbocycles. The van der Waals surface area contributed by atoms with Crippen LogP contribution in [-0.2, 0) is 11.4 Å². The van der Waals surface area contributed by atoms with Crippen LogP contribution in [0.5, 0.6) is 11.5 Å². The molecule has 0 bridgehead atoms. The molecule has 1 amide bonds. The third-order valence-electron chi connectivity index (χ3n) is 5.39. The minimum atomic E-state index is 0.0221. The number of ether oxygens (including phenoxy) is 2. The molecule has 0 spiro atoms. The molecule has 2 aliphatic rings. The van der Waals surface area contributed by atoms with Crippen LogP contribution in [0.4, 0.5) is 0 Å². The predicted molar refractivity (Wildman–Crippen MR) is 123 cm³/mol. The van der Waals surface area contributed by atoms with Gasteiger partial charge in [-0.3, -0.25) is 14.7 Å². The lowest BCUT2D eigenvalue weighted by atomic mass is 9.94. The predicted octanol–water partition coefficient (Wildman–Crippen LogP) is 5.20. The van der Waals surface area contributed by atoms with Crippen LogP contribution in [0.3, 0.4) is 0 Å². The van der Waals surface area contributed by atoms with Crippen molar-refractivity contribution in [2.75, 3.05) is 7.11 Å². The number of thioether (sulfide) groups is 1. The van der Waals surface area contributed by atoms with Gasteiger partial charge in [-0.2, -0.15) is 0 Å². The van der Waals surface area contributed by atoms with Crippen molar-refractivity contribution in [1.82, 2.24) is 9.88 Å². The van der Waals surface area contributed by atoms with Crippen molar-refractivity contribution in [1.29, 1.82) is 0 Å². The highest BCUT2D eigenvalue weighted by Crippen LogP contribution is 2.38. The Morgan fingerprint density at radius 1 is 1.17 bits per heavy atom. The van der Waals surface area contributed by atoms with Gasteiger partial charge in [0, 0.05) is 18.4 Å². The number of pyridine rings is 1. The van der Waals surface area contributed by atoms with Crippen LogP contribution in [0.25, 0.3) is 6.08 Å². The van der Waals surface area contributed by atoms with E-state index in [1.165, 1.54) is 31.0 Å². The maximum Gasteiger partial charge on any atom is 0.266 e. The minimum absolute atomic E-state index is 0.0221. The van der Waals surface area contributed by atoms with Crippen LogP contribution in [0.2, 0.25) is 0 Å². The Balaban J connectivity index is 1.49. The second kappa shape index (κ2) is 9.62. The number of nitrogens with zero attached hydrogens (tertiary/aromatic N) is 2. The quantitative estimate of drug-likeness (QED) is 0.454. The van der Waals surface area contributed by atoms with Gasteiger partial charge in [0.1, 0.15) is 10.9 Å². The highest BCUT2D eigenvalue weighted by molar-refractivity contribution is 8.26. The SMILES string of the molecule is COc1cc(/C=C2\SC(=S)N(C3CCCCC3)C2=O)ccc1OCc1ccncc1. The maximum atomic E-state index is 13.0. The van der Waals surface area contributed by atoms with E-state index in [-0.39, 0.29) is 11.9 Å².